The van der Waals surface area contributed by atoms with Gasteiger partial charge in [0.2, 0.25) is 0 Å². The summed E-state index contributed by atoms with van der Waals surface area (Å²) in [5.41, 5.74) is 0.906. The van der Waals surface area contributed by atoms with Crippen molar-refractivity contribution >= 4 is 5.97 Å². The minimum atomic E-state index is -0.666. The molecule has 188 valence electrons. The van der Waals surface area contributed by atoms with Crippen LogP contribution in [0.15, 0.2) is 23.0 Å². The van der Waals surface area contributed by atoms with Gasteiger partial charge in [-0.05, 0) is 31.9 Å². The van der Waals surface area contributed by atoms with E-state index in [0.717, 1.165) is 12.8 Å². The molecule has 1 saturated carbocycles. The van der Waals surface area contributed by atoms with Crippen molar-refractivity contribution in [2.45, 2.75) is 45.3 Å². The van der Waals surface area contributed by atoms with Gasteiger partial charge in [-0.2, -0.15) is 0 Å². The topological polar surface area (TPSA) is 85.2 Å². The van der Waals surface area contributed by atoms with E-state index in [4.69, 9.17) is 23.7 Å². The molecule has 3 aliphatic rings. The summed E-state index contributed by atoms with van der Waals surface area (Å²) in [5.74, 6) is -0.686. The van der Waals surface area contributed by atoms with Gasteiger partial charge in [-0.15, -0.1) is 0 Å². The maximum Gasteiger partial charge on any atom is 0.343 e. The largest absolute Gasteiger partial charge is 0.490 e. The van der Waals surface area contributed by atoms with Crippen LogP contribution in [0.25, 0.3) is 11.3 Å². The lowest BCUT2D eigenvalue weighted by Crippen LogP contribution is -2.48. The monoisotopic (exact) mass is 487 g/mol. The number of aromatic nitrogens is 1. The van der Waals surface area contributed by atoms with Gasteiger partial charge in [0.05, 0.1) is 37.5 Å². The van der Waals surface area contributed by atoms with Gasteiger partial charge in [0, 0.05) is 43.4 Å². The van der Waals surface area contributed by atoms with Crippen LogP contribution in [-0.4, -0.2) is 50.7 Å². The fourth-order valence-corrected chi connectivity index (χ4v) is 4.77. The first-order valence-corrected chi connectivity index (χ1v) is 12.0. The average Bonchev–Trinajstić information content (AvgIpc) is 3.65. The number of rotatable bonds is 9. The first kappa shape index (κ1) is 23.8. The molecule has 0 N–H and O–H groups in total. The van der Waals surface area contributed by atoms with Gasteiger partial charge in [-0.1, -0.05) is 6.92 Å². The van der Waals surface area contributed by atoms with E-state index in [2.05, 4.69) is 0 Å². The molecule has 2 aromatic rings. The van der Waals surface area contributed by atoms with Crippen molar-refractivity contribution in [3.05, 3.63) is 45.5 Å². The summed E-state index contributed by atoms with van der Waals surface area (Å²) in [6, 6.07) is 4.42. The maximum atomic E-state index is 15.2. The van der Waals surface area contributed by atoms with Gasteiger partial charge in [0.1, 0.15) is 17.4 Å². The molecule has 8 nitrogen and oxygen atoms in total. The minimum Gasteiger partial charge on any atom is -0.490 e. The second kappa shape index (κ2) is 9.28. The Morgan fingerprint density at radius 3 is 2.63 bits per heavy atom. The smallest absolute Gasteiger partial charge is 0.343 e. The summed E-state index contributed by atoms with van der Waals surface area (Å²) >= 11 is 0. The third-order valence-electron chi connectivity index (χ3n) is 6.73. The molecular formula is C26H30FNO7. The highest BCUT2D eigenvalue weighted by Gasteiger charge is 2.49. The Bertz CT molecular complexity index is 1200. The van der Waals surface area contributed by atoms with Crippen LogP contribution in [0.2, 0.25) is 0 Å². The van der Waals surface area contributed by atoms with E-state index in [1.807, 2.05) is 6.92 Å². The van der Waals surface area contributed by atoms with E-state index in [0.29, 0.717) is 55.4 Å². The Labute approximate surface area is 202 Å². The third-order valence-corrected chi connectivity index (χ3v) is 6.73. The van der Waals surface area contributed by atoms with Gasteiger partial charge < -0.3 is 28.3 Å². The molecule has 1 aromatic carbocycles. The Morgan fingerprint density at radius 1 is 1.23 bits per heavy atom. The van der Waals surface area contributed by atoms with Gasteiger partial charge in [-0.3, -0.25) is 4.79 Å². The van der Waals surface area contributed by atoms with Crippen LogP contribution in [0.5, 0.6) is 11.5 Å². The first-order valence-electron chi connectivity index (χ1n) is 12.0. The minimum absolute atomic E-state index is 0.0306. The molecule has 1 aliphatic carbocycles. The molecular weight excluding hydrogens is 457 g/mol. The predicted molar refractivity (Wildman–Crippen MR) is 125 cm³/mol. The molecule has 0 radical (unpaired) electrons. The van der Waals surface area contributed by atoms with Gasteiger partial charge in [0.25, 0.3) is 5.56 Å². The van der Waals surface area contributed by atoms with E-state index >= 15 is 4.39 Å². The number of methoxy groups -OCH3 is 1. The summed E-state index contributed by atoms with van der Waals surface area (Å²) in [5, 5.41) is 0. The number of ether oxygens (including phenoxy) is 5. The molecule has 1 aromatic heterocycles. The molecule has 3 heterocycles. The number of carbonyl (C=O) groups is 1. The number of esters is 1. The maximum absolute atomic E-state index is 15.2. The molecule has 35 heavy (non-hydrogen) atoms. The molecule has 0 spiro atoms. The number of benzene rings is 1. The van der Waals surface area contributed by atoms with Crippen molar-refractivity contribution in [3.63, 3.8) is 0 Å². The molecule has 0 bridgehead atoms. The molecule has 1 saturated heterocycles. The fourth-order valence-electron chi connectivity index (χ4n) is 4.77. The van der Waals surface area contributed by atoms with Crippen LogP contribution in [0.3, 0.4) is 0 Å². The lowest BCUT2D eigenvalue weighted by atomic mass is 9.76. The van der Waals surface area contributed by atoms with Gasteiger partial charge in [-0.25, -0.2) is 9.18 Å². The normalized spacial score (nSPS) is 19.7. The number of nitrogens with zero attached hydrogens (tertiary/aromatic N) is 1. The van der Waals surface area contributed by atoms with Crippen LogP contribution in [-0.2, 0) is 14.2 Å². The van der Waals surface area contributed by atoms with E-state index in [1.165, 1.54) is 6.07 Å². The second-order valence-electron chi connectivity index (χ2n) is 9.61. The first-order chi connectivity index (χ1) is 16.9. The average molecular weight is 488 g/mol. The van der Waals surface area contributed by atoms with Crippen LogP contribution in [0, 0.1) is 11.2 Å². The van der Waals surface area contributed by atoms with E-state index < -0.39 is 23.4 Å². The molecule has 9 heteroatoms. The molecule has 5 rings (SSSR count). The second-order valence-corrected chi connectivity index (χ2v) is 9.61. The number of pyridine rings is 1. The summed E-state index contributed by atoms with van der Waals surface area (Å²) in [4.78, 5) is 26.2. The highest BCUT2D eigenvalue weighted by molar-refractivity contribution is 5.90. The zero-order chi connectivity index (χ0) is 24.7. The highest BCUT2D eigenvalue weighted by Crippen LogP contribution is 2.53. The van der Waals surface area contributed by atoms with Crippen LogP contribution < -0.4 is 15.0 Å². The Morgan fingerprint density at radius 2 is 2.00 bits per heavy atom. The zero-order valence-corrected chi connectivity index (χ0v) is 20.2. The summed E-state index contributed by atoms with van der Waals surface area (Å²) in [7, 11) is 1.60. The number of carbonyl (C=O) groups excluding carboxylic acids is 1. The van der Waals surface area contributed by atoms with Crippen molar-refractivity contribution in [1.29, 1.82) is 0 Å². The SMILES string of the molecule is CCOC(=O)c1cc2c(n(C3CC3)c1=O)-c1cc(F)c(OCCCOC)cc1OC2C1(C)COC1. The number of fused-ring (bicyclic) bond motifs is 3. The Kier molecular flexibility index (Phi) is 6.31. The Hall–Kier alpha value is -2.91. The predicted octanol–water partition coefficient (Wildman–Crippen LogP) is 4.05. The van der Waals surface area contributed by atoms with E-state index in [1.54, 1.807) is 30.7 Å². The summed E-state index contributed by atoms with van der Waals surface area (Å²) in [6.07, 6.45) is 1.74. The molecule has 0 amide bonds. The number of hydrogen-bond acceptors (Lipinski definition) is 7. The van der Waals surface area contributed by atoms with Crippen molar-refractivity contribution in [1.82, 2.24) is 4.57 Å². The van der Waals surface area contributed by atoms with Crippen molar-refractivity contribution < 1.29 is 32.9 Å². The zero-order valence-electron chi connectivity index (χ0n) is 20.2. The van der Waals surface area contributed by atoms with Crippen LogP contribution in [0.1, 0.15) is 61.2 Å². The van der Waals surface area contributed by atoms with Crippen LogP contribution >= 0.6 is 0 Å². The third kappa shape index (κ3) is 4.21. The van der Waals surface area contributed by atoms with Crippen molar-refractivity contribution in [3.8, 4) is 22.8 Å². The van der Waals surface area contributed by atoms with Gasteiger partial charge in [0.15, 0.2) is 11.6 Å². The highest BCUT2D eigenvalue weighted by atomic mass is 19.1. The Balaban J connectivity index is 1.67. The number of halogens is 1. The lowest BCUT2D eigenvalue weighted by Gasteiger charge is -2.46. The molecule has 2 fully saturated rings. The van der Waals surface area contributed by atoms with E-state index in [-0.39, 0.29) is 29.4 Å². The van der Waals surface area contributed by atoms with E-state index in [9.17, 15) is 9.59 Å². The van der Waals surface area contributed by atoms with Crippen molar-refractivity contribution in [2.75, 3.05) is 40.1 Å². The number of hydrogen-bond donors (Lipinski definition) is 0. The summed E-state index contributed by atoms with van der Waals surface area (Å²) in [6.45, 7) is 5.63. The standard InChI is InChI=1S/C26H30FNO7/c1-4-33-25(30)18-10-17-22(28(24(18)29)15-6-7-15)16-11-19(27)21(34-9-5-8-31-3)12-20(16)35-23(17)26(2)13-32-14-26/h10-12,15,23H,4-9,13-14H2,1-3H3. The summed E-state index contributed by atoms with van der Waals surface area (Å²) < 4.78 is 44.6. The lowest BCUT2D eigenvalue weighted by molar-refractivity contribution is -0.156. The molecule has 1 unspecified atom stereocenters. The quantitative estimate of drug-likeness (QED) is 0.390. The molecule has 1 atom stereocenters. The molecule has 2 aliphatic heterocycles. The van der Waals surface area contributed by atoms with Crippen LogP contribution in [0.4, 0.5) is 4.39 Å². The van der Waals surface area contributed by atoms with Gasteiger partial charge >= 0.3 is 5.97 Å². The fraction of sp³-hybridized carbons (Fsp3) is 0.538. The van der Waals surface area contributed by atoms with Crippen molar-refractivity contribution in [2.24, 2.45) is 5.41 Å².